The van der Waals surface area contributed by atoms with E-state index in [2.05, 4.69) is 10.3 Å². The largest absolute Gasteiger partial charge is 0.391 e. The van der Waals surface area contributed by atoms with E-state index < -0.39 is 12.1 Å². The smallest absolute Gasteiger partial charge is 0.243 e. The van der Waals surface area contributed by atoms with E-state index >= 15 is 0 Å². The molecule has 4 unspecified atom stereocenters. The van der Waals surface area contributed by atoms with Gasteiger partial charge >= 0.3 is 0 Å². The van der Waals surface area contributed by atoms with E-state index in [0.29, 0.717) is 0 Å². The van der Waals surface area contributed by atoms with E-state index in [0.717, 1.165) is 21.7 Å². The SMILES string of the molecule is Cc1ncsc1-c1ccc(C(C)NC(=O)C2CC(O)CN2C(=O)C(C)C(C)(C)C)cc1. The zero-order valence-corrected chi connectivity index (χ0v) is 20.0. The lowest BCUT2D eigenvalue weighted by molar-refractivity contribution is -0.144. The number of carbonyl (C=O) groups is 2. The Kier molecular flexibility index (Phi) is 6.86. The first-order chi connectivity index (χ1) is 14.5. The molecule has 0 radical (unpaired) electrons. The Morgan fingerprint density at radius 1 is 1.23 bits per heavy atom. The zero-order valence-electron chi connectivity index (χ0n) is 19.2. The lowest BCUT2D eigenvalue weighted by atomic mass is 9.81. The molecule has 6 nitrogen and oxygen atoms in total. The Bertz CT molecular complexity index is 932. The molecular formula is C24H33N3O3S. The van der Waals surface area contributed by atoms with Crippen LogP contribution >= 0.6 is 11.3 Å². The molecule has 31 heavy (non-hydrogen) atoms. The fourth-order valence-electron chi connectivity index (χ4n) is 3.82. The highest BCUT2D eigenvalue weighted by Crippen LogP contribution is 2.31. The van der Waals surface area contributed by atoms with Crippen molar-refractivity contribution < 1.29 is 14.7 Å². The molecule has 2 N–H and O–H groups in total. The predicted molar refractivity (Wildman–Crippen MR) is 124 cm³/mol. The average Bonchev–Trinajstić information content (AvgIpc) is 3.31. The van der Waals surface area contributed by atoms with Crippen molar-refractivity contribution >= 4 is 23.2 Å². The number of amides is 2. The maximum absolute atomic E-state index is 13.0. The lowest BCUT2D eigenvalue weighted by Gasteiger charge is -2.33. The number of hydrogen-bond acceptors (Lipinski definition) is 5. The van der Waals surface area contributed by atoms with Crippen LogP contribution in [-0.2, 0) is 9.59 Å². The van der Waals surface area contributed by atoms with Crippen molar-refractivity contribution in [1.29, 1.82) is 0 Å². The number of nitrogens with one attached hydrogen (secondary N) is 1. The maximum Gasteiger partial charge on any atom is 0.243 e. The Hall–Kier alpha value is -2.25. The van der Waals surface area contributed by atoms with Crippen LogP contribution in [0, 0.1) is 18.3 Å². The highest BCUT2D eigenvalue weighted by atomic mass is 32.1. The minimum absolute atomic E-state index is 0.0823. The van der Waals surface area contributed by atoms with Gasteiger partial charge in [-0.25, -0.2) is 4.98 Å². The number of aryl methyl sites for hydroxylation is 1. The molecule has 1 aromatic carbocycles. The molecule has 1 fully saturated rings. The number of aromatic nitrogens is 1. The van der Waals surface area contributed by atoms with Crippen molar-refractivity contribution in [3.05, 3.63) is 41.0 Å². The highest BCUT2D eigenvalue weighted by Gasteiger charge is 2.42. The van der Waals surface area contributed by atoms with Crippen LogP contribution in [0.5, 0.6) is 0 Å². The fraction of sp³-hybridized carbons (Fsp3) is 0.542. The molecule has 0 aliphatic carbocycles. The van der Waals surface area contributed by atoms with Crippen molar-refractivity contribution in [3.8, 4) is 10.4 Å². The number of rotatable bonds is 5. The number of thiazole rings is 1. The van der Waals surface area contributed by atoms with Gasteiger partial charge in [-0.2, -0.15) is 0 Å². The second kappa shape index (κ2) is 9.09. The van der Waals surface area contributed by atoms with E-state index in [-0.39, 0.29) is 42.2 Å². The fourth-order valence-corrected chi connectivity index (χ4v) is 4.63. The minimum Gasteiger partial charge on any atom is -0.391 e. The molecule has 2 amide bonds. The number of aliphatic hydroxyl groups excluding tert-OH is 1. The van der Waals surface area contributed by atoms with Crippen molar-refractivity contribution in [2.45, 2.75) is 66.2 Å². The Morgan fingerprint density at radius 3 is 2.42 bits per heavy atom. The van der Waals surface area contributed by atoms with Crippen LogP contribution in [0.3, 0.4) is 0 Å². The summed E-state index contributed by atoms with van der Waals surface area (Å²) in [5, 5.41) is 13.2. The quantitative estimate of drug-likeness (QED) is 0.733. The van der Waals surface area contributed by atoms with Gasteiger partial charge in [-0.3, -0.25) is 9.59 Å². The summed E-state index contributed by atoms with van der Waals surface area (Å²) in [6.07, 6.45) is -0.408. The summed E-state index contributed by atoms with van der Waals surface area (Å²) in [5.74, 6) is -0.546. The third-order valence-electron chi connectivity index (χ3n) is 6.31. The Morgan fingerprint density at radius 2 is 1.87 bits per heavy atom. The molecule has 4 atom stereocenters. The van der Waals surface area contributed by atoms with E-state index in [1.807, 2.05) is 71.3 Å². The van der Waals surface area contributed by atoms with Crippen LogP contribution in [0.25, 0.3) is 10.4 Å². The molecule has 2 heterocycles. The molecule has 0 bridgehead atoms. The summed E-state index contributed by atoms with van der Waals surface area (Å²) in [5.41, 5.74) is 4.73. The van der Waals surface area contributed by atoms with Crippen LogP contribution in [0.1, 0.15) is 58.3 Å². The summed E-state index contributed by atoms with van der Waals surface area (Å²) < 4.78 is 0. The number of nitrogens with zero attached hydrogens (tertiary/aromatic N) is 2. The summed E-state index contributed by atoms with van der Waals surface area (Å²) in [7, 11) is 0. The molecule has 168 valence electrons. The molecule has 3 rings (SSSR count). The first kappa shape index (κ1) is 23.4. The second-order valence-electron chi connectivity index (χ2n) is 9.60. The number of β-amino-alcohol motifs (C(OH)–C–C–N with tert-alkyl or cyclic N) is 1. The highest BCUT2D eigenvalue weighted by molar-refractivity contribution is 7.13. The maximum atomic E-state index is 13.0. The van der Waals surface area contributed by atoms with Gasteiger partial charge in [-0.05, 0) is 30.4 Å². The van der Waals surface area contributed by atoms with Gasteiger partial charge in [0.05, 0.1) is 28.2 Å². The molecule has 1 aliphatic heterocycles. The van der Waals surface area contributed by atoms with Gasteiger partial charge in [0, 0.05) is 18.9 Å². The van der Waals surface area contributed by atoms with E-state index in [9.17, 15) is 14.7 Å². The van der Waals surface area contributed by atoms with Gasteiger partial charge in [-0.15, -0.1) is 11.3 Å². The van der Waals surface area contributed by atoms with Crippen LogP contribution in [-0.4, -0.2) is 45.5 Å². The van der Waals surface area contributed by atoms with E-state index in [1.54, 1.807) is 16.2 Å². The van der Waals surface area contributed by atoms with Gasteiger partial charge < -0.3 is 15.3 Å². The number of aliphatic hydroxyl groups is 1. The molecule has 1 aliphatic rings. The van der Waals surface area contributed by atoms with Gasteiger partial charge in [0.1, 0.15) is 6.04 Å². The third kappa shape index (κ3) is 5.15. The standard InChI is InChI=1S/C24H33N3O3S/c1-14(24(4,5)6)23(30)27-12-19(28)11-20(27)22(29)26-15(2)17-7-9-18(10-8-17)21-16(3)25-13-31-21/h7-10,13-15,19-20,28H,11-12H2,1-6H3,(H,26,29). The zero-order chi connectivity index (χ0) is 22.9. The van der Waals surface area contributed by atoms with Crippen molar-refractivity contribution in [2.24, 2.45) is 11.3 Å². The molecule has 1 aromatic heterocycles. The number of hydrogen-bond donors (Lipinski definition) is 2. The molecular weight excluding hydrogens is 410 g/mol. The topological polar surface area (TPSA) is 82.5 Å². The van der Waals surface area contributed by atoms with Crippen molar-refractivity contribution in [2.75, 3.05) is 6.54 Å². The normalized spacial score (nSPS) is 21.1. The lowest BCUT2D eigenvalue weighted by Crippen LogP contribution is -2.49. The van der Waals surface area contributed by atoms with E-state index in [4.69, 9.17) is 0 Å². The van der Waals surface area contributed by atoms with Crippen molar-refractivity contribution in [1.82, 2.24) is 15.2 Å². The second-order valence-corrected chi connectivity index (χ2v) is 10.5. The summed E-state index contributed by atoms with van der Waals surface area (Å²) in [6.45, 7) is 12.0. The van der Waals surface area contributed by atoms with Crippen LogP contribution in [0.15, 0.2) is 29.8 Å². The molecule has 0 spiro atoms. The number of likely N-dealkylation sites (tertiary alicyclic amines) is 1. The molecule has 0 saturated carbocycles. The summed E-state index contributed by atoms with van der Waals surface area (Å²) in [6, 6.07) is 7.24. The predicted octanol–water partition coefficient (Wildman–Crippen LogP) is 3.94. The van der Waals surface area contributed by atoms with Gasteiger partial charge in [0.2, 0.25) is 11.8 Å². The first-order valence-corrected chi connectivity index (χ1v) is 11.7. The third-order valence-corrected chi connectivity index (χ3v) is 7.29. The average molecular weight is 444 g/mol. The number of benzene rings is 1. The Labute approximate surface area is 188 Å². The Balaban J connectivity index is 1.69. The molecule has 1 saturated heterocycles. The minimum atomic E-state index is -0.677. The van der Waals surface area contributed by atoms with Gasteiger partial charge in [-0.1, -0.05) is 52.0 Å². The number of carbonyl (C=O) groups excluding carboxylic acids is 2. The monoisotopic (exact) mass is 443 g/mol. The van der Waals surface area contributed by atoms with Crippen LogP contribution < -0.4 is 5.32 Å². The first-order valence-electron chi connectivity index (χ1n) is 10.8. The van der Waals surface area contributed by atoms with Gasteiger partial charge in [0.15, 0.2) is 0 Å². The van der Waals surface area contributed by atoms with Crippen molar-refractivity contribution in [3.63, 3.8) is 0 Å². The summed E-state index contributed by atoms with van der Waals surface area (Å²) >= 11 is 1.61. The summed E-state index contributed by atoms with van der Waals surface area (Å²) in [4.78, 5) is 33.0. The van der Waals surface area contributed by atoms with Gasteiger partial charge in [0.25, 0.3) is 0 Å². The molecule has 2 aromatic rings. The van der Waals surface area contributed by atoms with Crippen LogP contribution in [0.4, 0.5) is 0 Å². The van der Waals surface area contributed by atoms with E-state index in [1.165, 1.54) is 0 Å². The molecule has 7 heteroatoms. The van der Waals surface area contributed by atoms with Crippen LogP contribution in [0.2, 0.25) is 0 Å².